The molecule has 0 radical (unpaired) electrons. The molecule has 0 saturated carbocycles. The molecule has 0 atom stereocenters. The Morgan fingerprint density at radius 2 is 1.00 bits per heavy atom. The molecule has 11 rings (SSSR count). The predicted octanol–water partition coefficient (Wildman–Crippen LogP) is 13.7. The van der Waals surface area contributed by atoms with Crippen LogP contribution in [0.5, 0.6) is 0 Å². The van der Waals surface area contributed by atoms with Gasteiger partial charge in [-0.25, -0.2) is 15.0 Å². The number of fused-ring (bicyclic) bond motifs is 6. The van der Waals surface area contributed by atoms with Gasteiger partial charge in [0, 0.05) is 47.8 Å². The van der Waals surface area contributed by atoms with Gasteiger partial charge in [-0.15, -0.1) is 11.3 Å². The summed E-state index contributed by atoms with van der Waals surface area (Å²) in [5.41, 5.74) is 12.3. The molecule has 0 fully saturated rings. The molecule has 4 nitrogen and oxygen atoms in total. The first-order valence-electron chi connectivity index (χ1n) is 18.8. The fourth-order valence-corrected chi connectivity index (χ4v) is 9.25. The standard InChI is InChI=1S/C51H32N4S/c1-4-13-33(14-5-1)35-17-12-18-36(27-35)37-23-25-40(45(28-37)51-53-32-52-50(54-51)34-15-6-2-7-16-34)38-24-26-42-44-30-47-43(31-49(44)56-48(42)29-38)41-21-10-11-22-46(41)55(47)39-19-8-3-9-20-39/h1-32H. The fraction of sp³-hybridized carbons (Fsp3) is 0. The number of aromatic nitrogens is 4. The lowest BCUT2D eigenvalue weighted by atomic mass is 9.93. The van der Waals surface area contributed by atoms with Crippen LogP contribution in [0.25, 0.3) is 104 Å². The van der Waals surface area contributed by atoms with Crippen molar-refractivity contribution in [2.24, 2.45) is 0 Å². The smallest absolute Gasteiger partial charge is 0.164 e. The molecule has 8 aromatic carbocycles. The Morgan fingerprint density at radius 3 is 1.82 bits per heavy atom. The lowest BCUT2D eigenvalue weighted by Crippen LogP contribution is -1.97. The SMILES string of the molecule is c1ccc(-c2cccc(-c3ccc(-c4ccc5c(c4)sc4cc6c7ccccc7n(-c7ccccc7)c6cc45)c(-c4ncnc(-c5ccccc5)n4)c3)c2)cc1. The number of rotatable bonds is 6. The molecular weight excluding hydrogens is 701 g/mol. The zero-order valence-corrected chi connectivity index (χ0v) is 31.0. The summed E-state index contributed by atoms with van der Waals surface area (Å²) >= 11 is 1.85. The van der Waals surface area contributed by atoms with E-state index in [0.717, 1.165) is 39.1 Å². The van der Waals surface area contributed by atoms with Gasteiger partial charge in [-0.3, -0.25) is 0 Å². The van der Waals surface area contributed by atoms with Gasteiger partial charge in [0.1, 0.15) is 6.33 Å². The monoisotopic (exact) mass is 732 g/mol. The Balaban J connectivity index is 1.08. The minimum Gasteiger partial charge on any atom is -0.309 e. The second kappa shape index (κ2) is 13.3. The van der Waals surface area contributed by atoms with E-state index in [1.54, 1.807) is 6.33 Å². The molecule has 56 heavy (non-hydrogen) atoms. The van der Waals surface area contributed by atoms with Crippen molar-refractivity contribution >= 4 is 53.3 Å². The van der Waals surface area contributed by atoms with E-state index >= 15 is 0 Å². The summed E-state index contributed by atoms with van der Waals surface area (Å²) in [6.45, 7) is 0. The maximum Gasteiger partial charge on any atom is 0.164 e. The van der Waals surface area contributed by atoms with Crippen LogP contribution in [0.3, 0.4) is 0 Å². The summed E-state index contributed by atoms with van der Waals surface area (Å²) in [6.07, 6.45) is 1.63. The Kier molecular flexibility index (Phi) is 7.64. The Morgan fingerprint density at radius 1 is 0.357 bits per heavy atom. The third-order valence-corrected chi connectivity index (χ3v) is 11.9. The van der Waals surface area contributed by atoms with E-state index in [1.807, 2.05) is 41.7 Å². The molecule has 262 valence electrons. The van der Waals surface area contributed by atoms with Gasteiger partial charge in [-0.05, 0) is 81.9 Å². The summed E-state index contributed by atoms with van der Waals surface area (Å²) < 4.78 is 4.91. The van der Waals surface area contributed by atoms with Crippen molar-refractivity contribution in [3.05, 3.63) is 194 Å². The zero-order chi connectivity index (χ0) is 37.0. The summed E-state index contributed by atoms with van der Waals surface area (Å²) in [7, 11) is 0. The highest BCUT2D eigenvalue weighted by Gasteiger charge is 2.18. The number of benzene rings is 8. The number of thiophene rings is 1. The highest BCUT2D eigenvalue weighted by Crippen LogP contribution is 2.43. The van der Waals surface area contributed by atoms with Crippen LogP contribution in [0.15, 0.2) is 194 Å². The average molecular weight is 733 g/mol. The van der Waals surface area contributed by atoms with Crippen LogP contribution in [-0.4, -0.2) is 19.5 Å². The van der Waals surface area contributed by atoms with E-state index in [1.165, 1.54) is 53.1 Å². The van der Waals surface area contributed by atoms with Gasteiger partial charge in [0.05, 0.1) is 11.0 Å². The normalized spacial score (nSPS) is 11.6. The van der Waals surface area contributed by atoms with Crippen LogP contribution in [0.1, 0.15) is 0 Å². The second-order valence-electron chi connectivity index (χ2n) is 14.1. The second-order valence-corrected chi connectivity index (χ2v) is 15.2. The van der Waals surface area contributed by atoms with Crippen LogP contribution in [0.4, 0.5) is 0 Å². The van der Waals surface area contributed by atoms with E-state index in [4.69, 9.17) is 9.97 Å². The van der Waals surface area contributed by atoms with Crippen LogP contribution in [-0.2, 0) is 0 Å². The minimum absolute atomic E-state index is 0.641. The van der Waals surface area contributed by atoms with Crippen LogP contribution >= 0.6 is 11.3 Å². The van der Waals surface area contributed by atoms with Gasteiger partial charge in [-0.2, -0.15) is 0 Å². The molecular formula is C51H32N4S. The predicted molar refractivity (Wildman–Crippen MR) is 234 cm³/mol. The molecule has 0 spiro atoms. The third kappa shape index (κ3) is 5.48. The number of hydrogen-bond acceptors (Lipinski definition) is 4. The van der Waals surface area contributed by atoms with E-state index in [9.17, 15) is 0 Å². The van der Waals surface area contributed by atoms with Crippen molar-refractivity contribution in [3.8, 4) is 61.8 Å². The molecule has 0 unspecified atom stereocenters. The number of hydrogen-bond donors (Lipinski definition) is 0. The average Bonchev–Trinajstić information content (AvgIpc) is 3.80. The molecule has 0 N–H and O–H groups in total. The van der Waals surface area contributed by atoms with Gasteiger partial charge in [0.15, 0.2) is 11.6 Å². The van der Waals surface area contributed by atoms with E-state index in [-0.39, 0.29) is 0 Å². The molecule has 0 saturated heterocycles. The van der Waals surface area contributed by atoms with Crippen molar-refractivity contribution < 1.29 is 0 Å². The minimum atomic E-state index is 0.641. The maximum absolute atomic E-state index is 5.06. The first kappa shape index (κ1) is 32.2. The Labute approximate surface area is 327 Å². The van der Waals surface area contributed by atoms with Gasteiger partial charge in [0.25, 0.3) is 0 Å². The van der Waals surface area contributed by atoms with Crippen molar-refractivity contribution in [2.75, 3.05) is 0 Å². The topological polar surface area (TPSA) is 43.6 Å². The van der Waals surface area contributed by atoms with Crippen molar-refractivity contribution in [1.82, 2.24) is 19.5 Å². The van der Waals surface area contributed by atoms with Crippen molar-refractivity contribution in [3.63, 3.8) is 0 Å². The number of para-hydroxylation sites is 2. The summed E-state index contributed by atoms with van der Waals surface area (Å²) in [5, 5.41) is 5.05. The molecule has 0 amide bonds. The Hall–Kier alpha value is -7.21. The summed E-state index contributed by atoms with van der Waals surface area (Å²) in [5.74, 6) is 1.29. The molecule has 11 aromatic rings. The van der Waals surface area contributed by atoms with Gasteiger partial charge < -0.3 is 4.57 Å². The fourth-order valence-electron chi connectivity index (χ4n) is 8.08. The molecule has 5 heteroatoms. The lowest BCUT2D eigenvalue weighted by Gasteiger charge is -2.13. The van der Waals surface area contributed by atoms with Crippen molar-refractivity contribution in [2.45, 2.75) is 0 Å². The van der Waals surface area contributed by atoms with Crippen molar-refractivity contribution in [1.29, 1.82) is 0 Å². The third-order valence-electron chi connectivity index (χ3n) is 10.8. The van der Waals surface area contributed by atoms with Crippen LogP contribution in [0, 0.1) is 0 Å². The van der Waals surface area contributed by atoms with E-state index in [2.05, 4.69) is 167 Å². The summed E-state index contributed by atoms with van der Waals surface area (Å²) in [6, 6.07) is 67.1. The van der Waals surface area contributed by atoms with Gasteiger partial charge in [-0.1, -0.05) is 140 Å². The molecule has 0 aliphatic rings. The van der Waals surface area contributed by atoms with Gasteiger partial charge in [0.2, 0.25) is 0 Å². The maximum atomic E-state index is 5.06. The molecule has 0 bridgehead atoms. The molecule has 3 heterocycles. The van der Waals surface area contributed by atoms with E-state index < -0.39 is 0 Å². The van der Waals surface area contributed by atoms with Gasteiger partial charge >= 0.3 is 0 Å². The Bertz CT molecular complexity index is 3240. The number of nitrogens with zero attached hydrogens (tertiary/aromatic N) is 4. The first-order valence-corrected chi connectivity index (χ1v) is 19.6. The lowest BCUT2D eigenvalue weighted by molar-refractivity contribution is 1.07. The van der Waals surface area contributed by atoms with Crippen LogP contribution in [0.2, 0.25) is 0 Å². The molecule has 3 aromatic heterocycles. The van der Waals surface area contributed by atoms with Crippen LogP contribution < -0.4 is 0 Å². The largest absolute Gasteiger partial charge is 0.309 e. The first-order chi connectivity index (χ1) is 27.7. The quantitative estimate of drug-likeness (QED) is 0.171. The highest BCUT2D eigenvalue weighted by atomic mass is 32.1. The highest BCUT2D eigenvalue weighted by molar-refractivity contribution is 7.26. The van der Waals surface area contributed by atoms with E-state index in [0.29, 0.717) is 11.6 Å². The summed E-state index contributed by atoms with van der Waals surface area (Å²) in [4.78, 5) is 14.4. The molecule has 0 aliphatic heterocycles. The molecule has 0 aliphatic carbocycles. The zero-order valence-electron chi connectivity index (χ0n) is 30.2.